The van der Waals surface area contributed by atoms with Crippen molar-refractivity contribution in [2.45, 2.75) is 149 Å². The molecule has 2 atom stereocenters. The SMILES string of the molecule is CCCCCCCCCCCCCCCC(=O)OC[C@H](COP(=O)(OC)OCCNC(=O)OC(C)(C)C)OCCCC(C)=O. The number of unbranched alkanes of at least 4 members (excludes halogenated alkanes) is 12. The van der Waals surface area contributed by atoms with Crippen molar-refractivity contribution in [1.29, 1.82) is 0 Å². The molecule has 0 radical (unpaired) electrons. The molecular formula is C32H62NO10P. The standard InChI is InChI=1S/C32H62NO10P/c1-7-8-9-10-11-12-13-14-15-16-17-18-19-22-30(35)40-26-29(39-24-20-21-28(2)34)27-42-44(37,38-6)41-25-23-33-31(36)43-32(3,4)5/h29H,7-27H2,1-6H3,(H,33,36)/t29-,44?/m1/s1. The van der Waals surface area contributed by atoms with Crippen molar-refractivity contribution < 1.29 is 46.7 Å². The zero-order valence-electron chi connectivity index (χ0n) is 28.5. The van der Waals surface area contributed by atoms with Crippen molar-refractivity contribution in [3.05, 3.63) is 0 Å². The Kier molecular flexibility index (Phi) is 25.8. The minimum Gasteiger partial charge on any atom is -0.463 e. The molecule has 0 saturated carbocycles. The number of amides is 1. The third-order valence-corrected chi connectivity index (χ3v) is 8.01. The van der Waals surface area contributed by atoms with Gasteiger partial charge < -0.3 is 24.3 Å². The van der Waals surface area contributed by atoms with Crippen molar-refractivity contribution in [2.24, 2.45) is 0 Å². The Balaban J connectivity index is 4.37. The van der Waals surface area contributed by atoms with E-state index in [0.717, 1.165) is 19.3 Å². The summed E-state index contributed by atoms with van der Waals surface area (Å²) in [4.78, 5) is 35.3. The number of ether oxygens (including phenoxy) is 3. The summed E-state index contributed by atoms with van der Waals surface area (Å²) in [6.45, 7) is 8.76. The van der Waals surface area contributed by atoms with E-state index >= 15 is 0 Å². The average Bonchev–Trinajstić information content (AvgIpc) is 2.95. The fraction of sp³-hybridized carbons (Fsp3) is 0.906. The van der Waals surface area contributed by atoms with E-state index in [-0.39, 0.29) is 44.7 Å². The van der Waals surface area contributed by atoms with Gasteiger partial charge in [-0.2, -0.15) is 0 Å². The minimum atomic E-state index is -3.97. The first-order chi connectivity index (χ1) is 20.9. The predicted octanol–water partition coefficient (Wildman–Crippen LogP) is 8.08. The Morgan fingerprint density at radius 2 is 1.32 bits per heavy atom. The molecule has 0 spiro atoms. The second-order valence-electron chi connectivity index (χ2n) is 12.2. The highest BCUT2D eigenvalue weighted by Gasteiger charge is 2.28. The quantitative estimate of drug-likeness (QED) is 0.0480. The molecule has 0 aliphatic rings. The number of carbonyl (C=O) groups excluding carboxylic acids is 3. The fourth-order valence-electron chi connectivity index (χ4n) is 4.20. The van der Waals surface area contributed by atoms with E-state index in [1.165, 1.54) is 78.2 Å². The maximum atomic E-state index is 12.8. The monoisotopic (exact) mass is 651 g/mol. The molecule has 0 aromatic heterocycles. The van der Waals surface area contributed by atoms with Gasteiger partial charge in [0.1, 0.15) is 24.1 Å². The number of esters is 1. The lowest BCUT2D eigenvalue weighted by molar-refractivity contribution is -0.149. The van der Waals surface area contributed by atoms with Gasteiger partial charge in [-0.05, 0) is 40.5 Å². The van der Waals surface area contributed by atoms with E-state index in [0.29, 0.717) is 19.3 Å². The molecule has 0 saturated heterocycles. The van der Waals surface area contributed by atoms with Gasteiger partial charge in [0.2, 0.25) is 0 Å². The smallest absolute Gasteiger partial charge is 0.463 e. The molecule has 11 nitrogen and oxygen atoms in total. The van der Waals surface area contributed by atoms with Crippen LogP contribution in [0.15, 0.2) is 0 Å². The summed E-state index contributed by atoms with van der Waals surface area (Å²) < 4.78 is 44.8. The number of Topliss-reactive ketones (excluding diaryl/α,β-unsaturated/α-hetero) is 1. The van der Waals surface area contributed by atoms with Gasteiger partial charge in [0.15, 0.2) is 0 Å². The van der Waals surface area contributed by atoms with Gasteiger partial charge in [-0.25, -0.2) is 9.36 Å². The van der Waals surface area contributed by atoms with E-state index in [1.807, 2.05) is 0 Å². The molecule has 260 valence electrons. The number of ketones is 1. The number of alkyl carbamates (subject to hydrolysis) is 1. The largest absolute Gasteiger partial charge is 0.474 e. The molecule has 0 aromatic rings. The van der Waals surface area contributed by atoms with E-state index < -0.39 is 25.6 Å². The second-order valence-corrected chi connectivity index (χ2v) is 13.9. The summed E-state index contributed by atoms with van der Waals surface area (Å²) in [5.41, 5.74) is -0.648. The first-order valence-electron chi connectivity index (χ1n) is 16.6. The van der Waals surface area contributed by atoms with Gasteiger partial charge in [0.05, 0.1) is 13.2 Å². The number of nitrogens with one attached hydrogen (secondary N) is 1. The van der Waals surface area contributed by atoms with Crippen LogP contribution in [-0.4, -0.2) is 69.6 Å². The molecule has 0 heterocycles. The second kappa shape index (κ2) is 26.7. The zero-order valence-corrected chi connectivity index (χ0v) is 29.4. The van der Waals surface area contributed by atoms with Gasteiger partial charge in [0.25, 0.3) is 0 Å². The predicted molar refractivity (Wildman–Crippen MR) is 172 cm³/mol. The van der Waals surface area contributed by atoms with E-state index in [2.05, 4.69) is 12.2 Å². The fourth-order valence-corrected chi connectivity index (χ4v) is 5.15. The third kappa shape index (κ3) is 28.0. The average molecular weight is 652 g/mol. The number of rotatable bonds is 29. The molecule has 0 rings (SSSR count). The number of phosphoric acid groups is 1. The highest BCUT2D eigenvalue weighted by atomic mass is 31.2. The summed E-state index contributed by atoms with van der Waals surface area (Å²) in [7, 11) is -2.79. The third-order valence-electron chi connectivity index (χ3n) is 6.60. The van der Waals surface area contributed by atoms with E-state index in [9.17, 15) is 18.9 Å². The lowest BCUT2D eigenvalue weighted by Crippen LogP contribution is -2.34. The Labute approximate surface area is 266 Å². The van der Waals surface area contributed by atoms with Crippen LogP contribution in [0.4, 0.5) is 4.79 Å². The van der Waals surface area contributed by atoms with Crippen LogP contribution in [-0.2, 0) is 41.9 Å². The molecule has 0 bridgehead atoms. The first kappa shape index (κ1) is 42.5. The highest BCUT2D eigenvalue weighted by Crippen LogP contribution is 2.48. The molecule has 1 unspecified atom stereocenters. The summed E-state index contributed by atoms with van der Waals surface area (Å²) >= 11 is 0. The van der Waals surface area contributed by atoms with Gasteiger partial charge in [0, 0.05) is 33.1 Å². The molecule has 0 aromatic carbocycles. The van der Waals surface area contributed by atoms with Crippen molar-refractivity contribution >= 4 is 25.7 Å². The zero-order chi connectivity index (χ0) is 33.1. The Hall–Kier alpha value is -1.52. The van der Waals surface area contributed by atoms with E-state index in [4.69, 9.17) is 27.8 Å². The van der Waals surface area contributed by atoms with Crippen LogP contribution in [0, 0.1) is 0 Å². The van der Waals surface area contributed by atoms with E-state index in [1.54, 1.807) is 20.8 Å². The van der Waals surface area contributed by atoms with Crippen molar-refractivity contribution in [1.82, 2.24) is 5.32 Å². The maximum absolute atomic E-state index is 12.8. The van der Waals surface area contributed by atoms with Crippen LogP contribution in [0.3, 0.4) is 0 Å². The van der Waals surface area contributed by atoms with Gasteiger partial charge in [-0.3, -0.25) is 18.4 Å². The molecule has 0 fully saturated rings. The Morgan fingerprint density at radius 1 is 0.750 bits per heavy atom. The van der Waals surface area contributed by atoms with Gasteiger partial charge >= 0.3 is 19.9 Å². The van der Waals surface area contributed by atoms with Crippen molar-refractivity contribution in [2.75, 3.05) is 40.1 Å². The molecule has 1 N–H and O–H groups in total. The van der Waals surface area contributed by atoms with Gasteiger partial charge in [-0.15, -0.1) is 0 Å². The summed E-state index contributed by atoms with van der Waals surface area (Å²) in [6.07, 6.45) is 15.8. The summed E-state index contributed by atoms with van der Waals surface area (Å²) in [6, 6.07) is 0. The minimum absolute atomic E-state index is 0.0212. The molecule has 44 heavy (non-hydrogen) atoms. The van der Waals surface area contributed by atoms with Crippen LogP contribution in [0.2, 0.25) is 0 Å². The number of carbonyl (C=O) groups is 3. The van der Waals surface area contributed by atoms with Crippen LogP contribution in [0.25, 0.3) is 0 Å². The highest BCUT2D eigenvalue weighted by molar-refractivity contribution is 7.48. The summed E-state index contributed by atoms with van der Waals surface area (Å²) in [5.74, 6) is -0.285. The Bertz CT molecular complexity index is 802. The topological polar surface area (TPSA) is 136 Å². The van der Waals surface area contributed by atoms with Crippen LogP contribution in [0.5, 0.6) is 0 Å². The molecule has 1 amide bonds. The lowest BCUT2D eigenvalue weighted by Gasteiger charge is -2.22. The van der Waals surface area contributed by atoms with Gasteiger partial charge in [-0.1, -0.05) is 84.0 Å². The maximum Gasteiger partial charge on any atom is 0.474 e. The Morgan fingerprint density at radius 3 is 1.84 bits per heavy atom. The first-order valence-corrected chi connectivity index (χ1v) is 18.0. The molecule has 0 aliphatic heterocycles. The molecular weight excluding hydrogens is 589 g/mol. The molecule has 12 heteroatoms. The van der Waals surface area contributed by atoms with Crippen molar-refractivity contribution in [3.8, 4) is 0 Å². The van der Waals surface area contributed by atoms with Crippen LogP contribution in [0.1, 0.15) is 137 Å². The number of phosphoric ester groups is 1. The van der Waals surface area contributed by atoms with Crippen LogP contribution < -0.4 is 5.32 Å². The van der Waals surface area contributed by atoms with Crippen LogP contribution >= 0.6 is 7.82 Å². The summed E-state index contributed by atoms with van der Waals surface area (Å²) in [5, 5.41) is 2.49. The number of hydrogen-bond acceptors (Lipinski definition) is 10. The normalized spacial score (nSPS) is 13.7. The lowest BCUT2D eigenvalue weighted by atomic mass is 10.0. The molecule has 0 aliphatic carbocycles. The van der Waals surface area contributed by atoms with Crippen molar-refractivity contribution in [3.63, 3.8) is 0 Å². The number of hydrogen-bond donors (Lipinski definition) is 1.